The lowest BCUT2D eigenvalue weighted by atomic mass is 9.89. The molecule has 1 nitrogen and oxygen atoms in total. The zero-order valence-electron chi connectivity index (χ0n) is 8.39. The highest BCUT2D eigenvalue weighted by Gasteiger charge is 2.10. The molecule has 0 aromatic heterocycles. The quantitative estimate of drug-likeness (QED) is 0.650. The average Bonchev–Trinajstić information content (AvgIpc) is 2.33. The fraction of sp³-hybridized carbons (Fsp3) is 0.0769. The van der Waals surface area contributed by atoms with E-state index in [4.69, 9.17) is 4.57 Å². The summed E-state index contributed by atoms with van der Waals surface area (Å²) < 4.78 is 8.06. The van der Waals surface area contributed by atoms with Crippen LogP contribution in [0.4, 0.5) is 0 Å². The van der Waals surface area contributed by atoms with Gasteiger partial charge in [-0.25, -0.2) is 0 Å². The van der Waals surface area contributed by atoms with Crippen molar-refractivity contribution in [3.63, 3.8) is 0 Å². The number of hydrogen-bond donors (Lipinski definition) is 0. The fourth-order valence-electron chi connectivity index (χ4n) is 1.57. The summed E-state index contributed by atoms with van der Waals surface area (Å²) in [4.78, 5) is 0. The molecular formula is C13H13OP. The van der Waals surface area contributed by atoms with E-state index < -0.39 is 0 Å². The van der Waals surface area contributed by atoms with Crippen molar-refractivity contribution in [2.24, 2.45) is 0 Å². The highest BCUT2D eigenvalue weighted by atomic mass is 31.0. The zero-order valence-corrected chi connectivity index (χ0v) is 9.39. The average molecular weight is 216 g/mol. The third-order valence-electron chi connectivity index (χ3n) is 2.28. The Kier molecular flexibility index (Phi) is 4.73. The zero-order chi connectivity index (χ0) is 11.1. The molecule has 1 aliphatic carbocycles. The molecule has 1 atom stereocenters. The summed E-state index contributed by atoms with van der Waals surface area (Å²) in [6.45, 7) is 4.03. The van der Waals surface area contributed by atoms with E-state index in [1.165, 1.54) is 5.56 Å². The number of hydrogen-bond acceptors (Lipinski definition) is 1. The smallest absolute Gasteiger partial charge is 0.138 e. The molecular weight excluding hydrogens is 203 g/mol. The van der Waals surface area contributed by atoms with Crippen LogP contribution in [0.1, 0.15) is 11.5 Å². The molecule has 0 saturated carbocycles. The Labute approximate surface area is 92.5 Å². The second kappa shape index (κ2) is 6.10. The summed E-state index contributed by atoms with van der Waals surface area (Å²) in [7, 11) is 1.72. The van der Waals surface area contributed by atoms with Crippen molar-refractivity contribution in [1.82, 2.24) is 0 Å². The first-order chi connectivity index (χ1) is 7.38. The number of rotatable bonds is 1. The van der Waals surface area contributed by atoms with Gasteiger partial charge in [0.2, 0.25) is 0 Å². The monoisotopic (exact) mass is 216 g/mol. The second-order valence-electron chi connectivity index (χ2n) is 3.21. The maximum absolute atomic E-state index is 8.06. The van der Waals surface area contributed by atoms with E-state index in [1.807, 2.05) is 12.1 Å². The predicted octanol–water partition coefficient (Wildman–Crippen LogP) is 3.93. The minimum Gasteiger partial charge on any atom is -0.279 e. The molecule has 0 saturated heterocycles. The Morgan fingerprint density at radius 1 is 1.07 bits per heavy atom. The summed E-state index contributed by atoms with van der Waals surface area (Å²) >= 11 is 0. The number of benzene rings is 1. The van der Waals surface area contributed by atoms with E-state index in [1.54, 1.807) is 9.12 Å². The minimum atomic E-state index is 0.367. The van der Waals surface area contributed by atoms with Gasteiger partial charge in [-0.3, -0.25) is 4.57 Å². The van der Waals surface area contributed by atoms with Crippen LogP contribution in [0.2, 0.25) is 0 Å². The maximum Gasteiger partial charge on any atom is 0.138 e. The van der Waals surface area contributed by atoms with Gasteiger partial charge in [-0.15, -0.1) is 0 Å². The van der Waals surface area contributed by atoms with Gasteiger partial charge in [0.15, 0.2) is 0 Å². The Bertz CT molecular complexity index is 379. The summed E-state index contributed by atoms with van der Waals surface area (Å²) in [5.74, 6) is 0.367. The predicted molar refractivity (Wildman–Crippen MR) is 65.6 cm³/mol. The van der Waals surface area contributed by atoms with Gasteiger partial charge in [0.05, 0.1) is 0 Å². The molecule has 1 aromatic carbocycles. The molecule has 1 unspecified atom stereocenters. The highest BCUT2D eigenvalue weighted by molar-refractivity contribution is 7.00. The van der Waals surface area contributed by atoms with Crippen LogP contribution in [0, 0.1) is 0 Å². The molecule has 76 valence electrons. The van der Waals surface area contributed by atoms with Crippen LogP contribution in [0.5, 0.6) is 0 Å². The first-order valence-electron chi connectivity index (χ1n) is 4.67. The molecule has 0 fully saturated rings. The van der Waals surface area contributed by atoms with Crippen LogP contribution < -0.4 is 0 Å². The van der Waals surface area contributed by atoms with Crippen LogP contribution in [-0.2, 0) is 4.57 Å². The number of allylic oxidation sites excluding steroid dienone is 5. The van der Waals surface area contributed by atoms with E-state index >= 15 is 0 Å². The topological polar surface area (TPSA) is 17.1 Å². The van der Waals surface area contributed by atoms with Gasteiger partial charge in [0.1, 0.15) is 9.12 Å². The maximum atomic E-state index is 8.06. The van der Waals surface area contributed by atoms with Crippen molar-refractivity contribution >= 4 is 9.12 Å². The summed E-state index contributed by atoms with van der Waals surface area (Å²) in [5, 5.41) is 0. The van der Waals surface area contributed by atoms with Crippen molar-refractivity contribution in [3.8, 4) is 0 Å². The lowest BCUT2D eigenvalue weighted by Gasteiger charge is -2.15. The summed E-state index contributed by atoms with van der Waals surface area (Å²) in [5.41, 5.74) is 2.47. The Balaban J connectivity index is 0.000000531. The lowest BCUT2D eigenvalue weighted by Crippen LogP contribution is -1.98. The van der Waals surface area contributed by atoms with Gasteiger partial charge in [0, 0.05) is 5.92 Å². The first kappa shape index (κ1) is 11.6. The molecule has 2 rings (SSSR count). The van der Waals surface area contributed by atoms with Crippen LogP contribution >= 0.6 is 9.12 Å². The Morgan fingerprint density at radius 3 is 2.33 bits per heavy atom. The van der Waals surface area contributed by atoms with E-state index in [9.17, 15) is 0 Å². The van der Waals surface area contributed by atoms with Crippen molar-refractivity contribution in [2.75, 3.05) is 0 Å². The van der Waals surface area contributed by atoms with Crippen LogP contribution in [0.15, 0.2) is 66.8 Å². The van der Waals surface area contributed by atoms with Crippen LogP contribution in [-0.4, -0.2) is 0 Å². The van der Waals surface area contributed by atoms with Crippen LogP contribution in [0.25, 0.3) is 0 Å². The molecule has 2 heteroatoms. The molecule has 15 heavy (non-hydrogen) atoms. The van der Waals surface area contributed by atoms with Crippen molar-refractivity contribution < 1.29 is 4.57 Å². The highest BCUT2D eigenvalue weighted by Crippen LogP contribution is 2.27. The lowest BCUT2D eigenvalue weighted by molar-refractivity contribution is 0.607. The molecule has 0 bridgehead atoms. The largest absolute Gasteiger partial charge is 0.279 e. The van der Waals surface area contributed by atoms with Gasteiger partial charge < -0.3 is 0 Å². The van der Waals surface area contributed by atoms with E-state index in [0.717, 1.165) is 5.57 Å². The van der Waals surface area contributed by atoms with E-state index in [-0.39, 0.29) is 0 Å². The Morgan fingerprint density at radius 2 is 1.73 bits per heavy atom. The molecule has 0 radical (unpaired) electrons. The summed E-state index contributed by atoms with van der Waals surface area (Å²) in [6.07, 6.45) is 8.35. The fourth-order valence-corrected chi connectivity index (χ4v) is 1.57. The molecule has 0 spiro atoms. The third kappa shape index (κ3) is 3.00. The summed E-state index contributed by atoms with van der Waals surface area (Å²) in [6, 6.07) is 10.4. The van der Waals surface area contributed by atoms with Crippen molar-refractivity contribution in [2.45, 2.75) is 5.92 Å². The van der Waals surface area contributed by atoms with Crippen LogP contribution in [0.3, 0.4) is 0 Å². The van der Waals surface area contributed by atoms with Gasteiger partial charge in [-0.1, -0.05) is 61.2 Å². The Hall–Kier alpha value is -1.46. The van der Waals surface area contributed by atoms with Gasteiger partial charge in [-0.2, -0.15) is 0 Å². The van der Waals surface area contributed by atoms with E-state index in [0.29, 0.717) is 5.92 Å². The van der Waals surface area contributed by atoms with Crippen molar-refractivity contribution in [1.29, 1.82) is 0 Å². The van der Waals surface area contributed by atoms with E-state index in [2.05, 4.69) is 49.1 Å². The molecule has 1 aromatic rings. The second-order valence-corrected chi connectivity index (χ2v) is 3.21. The van der Waals surface area contributed by atoms with Crippen molar-refractivity contribution in [3.05, 3.63) is 72.4 Å². The molecule has 0 heterocycles. The molecule has 0 amide bonds. The minimum absolute atomic E-state index is 0.367. The van der Waals surface area contributed by atoms with Gasteiger partial charge in [-0.05, 0) is 11.1 Å². The first-order valence-corrected chi connectivity index (χ1v) is 5.08. The normalized spacial score (nSPS) is 18.1. The molecule has 1 aliphatic rings. The standard InChI is InChI=1S/C13H12.HOP/c1-11-7-5-6-10-13(11)12-8-3-2-4-9-12;1-2/h2-10,13H,1H2;2H. The SMILES string of the molecule is C=C1C=CC=CC1c1ccccc1.O=P. The third-order valence-corrected chi connectivity index (χ3v) is 2.28. The van der Waals surface area contributed by atoms with Gasteiger partial charge >= 0.3 is 0 Å². The van der Waals surface area contributed by atoms with Gasteiger partial charge in [0.25, 0.3) is 0 Å². The molecule has 0 aliphatic heterocycles. The molecule has 0 N–H and O–H groups in total.